The molecule has 1 N–H and O–H groups in total. The van der Waals surface area contributed by atoms with Crippen LogP contribution in [0.5, 0.6) is 5.75 Å². The van der Waals surface area contributed by atoms with E-state index in [1.54, 1.807) is 0 Å². The van der Waals surface area contributed by atoms with E-state index in [9.17, 15) is 17.6 Å². The predicted molar refractivity (Wildman–Crippen MR) is 61.1 cm³/mol. The van der Waals surface area contributed by atoms with Gasteiger partial charge in [0.1, 0.15) is 6.61 Å². The van der Waals surface area contributed by atoms with Crippen LogP contribution in [0.4, 0.5) is 17.6 Å². The zero-order valence-corrected chi connectivity index (χ0v) is 10.2. The lowest BCUT2D eigenvalue weighted by molar-refractivity contribution is 0.182. The van der Waals surface area contributed by atoms with E-state index in [1.807, 2.05) is 4.90 Å². The first-order chi connectivity index (χ1) is 9.09. The average molecular weight is 278 g/mol. The van der Waals surface area contributed by atoms with Crippen LogP contribution in [0.2, 0.25) is 0 Å². The Morgan fingerprint density at radius 2 is 1.63 bits per heavy atom. The quantitative estimate of drug-likeness (QED) is 0.667. The molecule has 1 saturated heterocycles. The van der Waals surface area contributed by atoms with Crippen LogP contribution in [-0.4, -0.2) is 44.2 Å². The minimum atomic E-state index is -1.50. The predicted octanol–water partition coefficient (Wildman–Crippen LogP) is 1.53. The molecule has 1 aliphatic rings. The second-order valence-electron chi connectivity index (χ2n) is 4.24. The van der Waals surface area contributed by atoms with Crippen molar-refractivity contribution in [3.8, 4) is 5.75 Å². The lowest BCUT2D eigenvalue weighted by Crippen LogP contribution is -2.44. The Morgan fingerprint density at radius 1 is 1.05 bits per heavy atom. The minimum Gasteiger partial charge on any atom is -0.486 e. The molecule has 1 fully saturated rings. The average Bonchev–Trinajstić information content (AvgIpc) is 2.42. The summed E-state index contributed by atoms with van der Waals surface area (Å²) in [6, 6.07) is 0.161. The van der Waals surface area contributed by atoms with Crippen molar-refractivity contribution in [3.63, 3.8) is 0 Å². The van der Waals surface area contributed by atoms with Gasteiger partial charge < -0.3 is 10.1 Å². The maximum atomic E-state index is 13.3. The topological polar surface area (TPSA) is 24.5 Å². The van der Waals surface area contributed by atoms with E-state index in [1.165, 1.54) is 0 Å². The van der Waals surface area contributed by atoms with Crippen molar-refractivity contribution in [1.82, 2.24) is 10.2 Å². The molecule has 0 aliphatic carbocycles. The molecule has 0 spiro atoms. The molecule has 1 aliphatic heterocycles. The van der Waals surface area contributed by atoms with Crippen LogP contribution >= 0.6 is 0 Å². The SMILES string of the molecule is Fc1cc(F)c(F)c(OCCN2CCNCC2)c1F. The van der Waals surface area contributed by atoms with E-state index in [0.29, 0.717) is 6.54 Å². The third-order valence-corrected chi connectivity index (χ3v) is 2.94. The summed E-state index contributed by atoms with van der Waals surface area (Å²) in [7, 11) is 0. The maximum Gasteiger partial charge on any atom is 0.203 e. The van der Waals surface area contributed by atoms with E-state index >= 15 is 0 Å². The highest BCUT2D eigenvalue weighted by molar-refractivity contribution is 5.28. The summed E-state index contributed by atoms with van der Waals surface area (Å²) in [6.07, 6.45) is 0. The molecule has 3 nitrogen and oxygen atoms in total. The van der Waals surface area contributed by atoms with Gasteiger partial charge in [0.2, 0.25) is 11.6 Å². The van der Waals surface area contributed by atoms with Gasteiger partial charge in [0.05, 0.1) is 0 Å². The second kappa shape index (κ2) is 6.21. The van der Waals surface area contributed by atoms with Gasteiger partial charge in [-0.15, -0.1) is 0 Å². The number of nitrogens with one attached hydrogen (secondary N) is 1. The largest absolute Gasteiger partial charge is 0.486 e. The zero-order chi connectivity index (χ0) is 13.8. The van der Waals surface area contributed by atoms with Gasteiger partial charge in [0.25, 0.3) is 0 Å². The highest BCUT2D eigenvalue weighted by Crippen LogP contribution is 2.26. The van der Waals surface area contributed by atoms with Gasteiger partial charge >= 0.3 is 0 Å². The van der Waals surface area contributed by atoms with Gasteiger partial charge in [-0.1, -0.05) is 0 Å². The molecule has 0 unspecified atom stereocenters. The Morgan fingerprint density at radius 3 is 2.21 bits per heavy atom. The first-order valence-corrected chi connectivity index (χ1v) is 5.98. The molecule has 1 aromatic carbocycles. The van der Waals surface area contributed by atoms with Crippen LogP contribution in [0.1, 0.15) is 0 Å². The van der Waals surface area contributed by atoms with E-state index in [0.717, 1.165) is 26.2 Å². The number of benzene rings is 1. The van der Waals surface area contributed by atoms with Crippen LogP contribution < -0.4 is 10.1 Å². The van der Waals surface area contributed by atoms with E-state index in [2.05, 4.69) is 5.32 Å². The fraction of sp³-hybridized carbons (Fsp3) is 0.500. The lowest BCUT2D eigenvalue weighted by atomic mass is 10.3. The van der Waals surface area contributed by atoms with Gasteiger partial charge in [-0.2, -0.15) is 8.78 Å². The number of rotatable bonds is 4. The first-order valence-electron chi connectivity index (χ1n) is 5.98. The van der Waals surface area contributed by atoms with Crippen LogP contribution in [0.3, 0.4) is 0 Å². The van der Waals surface area contributed by atoms with Gasteiger partial charge in [-0.05, 0) is 0 Å². The molecule has 0 bridgehead atoms. The molecule has 0 saturated carbocycles. The molecule has 2 rings (SSSR count). The summed E-state index contributed by atoms with van der Waals surface area (Å²) in [5.41, 5.74) is 0. The molecule has 0 atom stereocenters. The Balaban J connectivity index is 1.95. The van der Waals surface area contributed by atoms with E-state index in [4.69, 9.17) is 4.74 Å². The highest BCUT2D eigenvalue weighted by Gasteiger charge is 2.20. The first kappa shape index (κ1) is 14.1. The molecular weight excluding hydrogens is 264 g/mol. The Bertz CT molecular complexity index is 424. The van der Waals surface area contributed by atoms with Crippen molar-refractivity contribution in [3.05, 3.63) is 29.3 Å². The molecule has 0 amide bonds. The standard InChI is InChI=1S/C12H14F4N2O/c13-8-7-9(14)11(16)12(10(8)15)19-6-5-18-3-1-17-2-4-18/h7,17H,1-6H2. The van der Waals surface area contributed by atoms with Crippen molar-refractivity contribution in [2.24, 2.45) is 0 Å². The Kier molecular flexibility index (Phi) is 4.60. The number of ether oxygens (including phenoxy) is 1. The molecule has 1 heterocycles. The van der Waals surface area contributed by atoms with Crippen LogP contribution in [0.25, 0.3) is 0 Å². The van der Waals surface area contributed by atoms with Crippen LogP contribution in [-0.2, 0) is 0 Å². The molecule has 0 aromatic heterocycles. The van der Waals surface area contributed by atoms with Crippen molar-refractivity contribution < 1.29 is 22.3 Å². The summed E-state index contributed by atoms with van der Waals surface area (Å²) >= 11 is 0. The Labute approximate surface area is 108 Å². The molecule has 0 radical (unpaired) electrons. The zero-order valence-electron chi connectivity index (χ0n) is 10.2. The fourth-order valence-corrected chi connectivity index (χ4v) is 1.89. The van der Waals surface area contributed by atoms with Gasteiger partial charge in [-0.3, -0.25) is 4.90 Å². The highest BCUT2D eigenvalue weighted by atomic mass is 19.2. The number of hydrogen-bond donors (Lipinski definition) is 1. The summed E-state index contributed by atoms with van der Waals surface area (Å²) in [5, 5.41) is 3.15. The molecule has 106 valence electrons. The van der Waals surface area contributed by atoms with Gasteiger partial charge in [0, 0.05) is 38.8 Å². The monoisotopic (exact) mass is 278 g/mol. The smallest absolute Gasteiger partial charge is 0.203 e. The fourth-order valence-electron chi connectivity index (χ4n) is 1.89. The third-order valence-electron chi connectivity index (χ3n) is 2.94. The normalized spacial score (nSPS) is 16.6. The third kappa shape index (κ3) is 3.36. The van der Waals surface area contributed by atoms with Gasteiger partial charge in [-0.25, -0.2) is 8.78 Å². The van der Waals surface area contributed by atoms with Gasteiger partial charge in [0.15, 0.2) is 17.4 Å². The van der Waals surface area contributed by atoms with Crippen molar-refractivity contribution >= 4 is 0 Å². The maximum absolute atomic E-state index is 13.3. The molecular formula is C12H14F4N2O. The van der Waals surface area contributed by atoms with E-state index in [-0.39, 0.29) is 12.7 Å². The van der Waals surface area contributed by atoms with Crippen LogP contribution in [0, 0.1) is 23.3 Å². The van der Waals surface area contributed by atoms with E-state index < -0.39 is 29.0 Å². The van der Waals surface area contributed by atoms with Crippen molar-refractivity contribution in [1.29, 1.82) is 0 Å². The summed E-state index contributed by atoms with van der Waals surface area (Å²) in [6.45, 7) is 3.67. The molecule has 7 heteroatoms. The second-order valence-corrected chi connectivity index (χ2v) is 4.24. The Hall–Kier alpha value is -1.34. The summed E-state index contributed by atoms with van der Waals surface area (Å²) < 4.78 is 57.2. The summed E-state index contributed by atoms with van der Waals surface area (Å²) in [4.78, 5) is 2.03. The molecule has 19 heavy (non-hydrogen) atoms. The number of halogens is 4. The lowest BCUT2D eigenvalue weighted by Gasteiger charge is -2.26. The summed E-state index contributed by atoms with van der Waals surface area (Å²) in [5.74, 6) is -6.92. The van der Waals surface area contributed by atoms with Crippen LogP contribution in [0.15, 0.2) is 6.07 Å². The number of piperazine rings is 1. The van der Waals surface area contributed by atoms with Crippen molar-refractivity contribution in [2.45, 2.75) is 0 Å². The molecule has 1 aromatic rings. The number of nitrogens with zero attached hydrogens (tertiary/aromatic N) is 1. The van der Waals surface area contributed by atoms with Crippen molar-refractivity contribution in [2.75, 3.05) is 39.3 Å². The minimum absolute atomic E-state index is 0.0310. The number of hydrogen-bond acceptors (Lipinski definition) is 3.